The third kappa shape index (κ3) is 8.59. The number of hydrogen-bond donors (Lipinski definition) is 3. The van der Waals surface area contributed by atoms with E-state index < -0.39 is 23.6 Å². The molecule has 0 spiro atoms. The van der Waals surface area contributed by atoms with Crippen LogP contribution in [0.5, 0.6) is 5.75 Å². The predicted octanol–water partition coefficient (Wildman–Crippen LogP) is 5.23. The fourth-order valence-corrected chi connectivity index (χ4v) is 3.83. The Morgan fingerprint density at radius 1 is 1.00 bits per heavy atom. The van der Waals surface area contributed by atoms with Crippen molar-refractivity contribution in [2.75, 3.05) is 18.4 Å². The molecule has 0 fully saturated rings. The highest BCUT2D eigenvalue weighted by Gasteiger charge is 2.32. The van der Waals surface area contributed by atoms with E-state index in [0.29, 0.717) is 24.2 Å². The summed E-state index contributed by atoms with van der Waals surface area (Å²) in [4.78, 5) is 40.8. The summed E-state index contributed by atoms with van der Waals surface area (Å²) in [6.45, 7) is 11.1. The van der Waals surface area contributed by atoms with E-state index in [0.717, 1.165) is 24.0 Å². The highest BCUT2D eigenvalue weighted by Crippen LogP contribution is 2.28. The number of aromatic hydroxyl groups is 1. The molecule has 0 heterocycles. The van der Waals surface area contributed by atoms with Crippen molar-refractivity contribution < 1.29 is 24.2 Å². The SMILES string of the molecule is CCCCCN(C(=O)CNC(=O)OC(C)(C)C)C(C(=O)Nc1c(C)cccc1C)c1ccc(O)cc1. The molecule has 3 N–H and O–H groups in total. The normalized spacial score (nSPS) is 11.9. The molecule has 0 aromatic heterocycles. The molecule has 0 bridgehead atoms. The number of alkyl carbamates (subject to hydrolysis) is 1. The Morgan fingerprint density at radius 2 is 1.61 bits per heavy atom. The Balaban J connectivity index is 2.39. The number of anilines is 1. The number of ether oxygens (including phenoxy) is 1. The summed E-state index contributed by atoms with van der Waals surface area (Å²) >= 11 is 0. The number of unbranched alkanes of at least 4 members (excludes halogenated alkanes) is 2. The zero-order valence-corrected chi connectivity index (χ0v) is 22.2. The minimum absolute atomic E-state index is 0.0584. The topological polar surface area (TPSA) is 108 Å². The molecule has 196 valence electrons. The summed E-state index contributed by atoms with van der Waals surface area (Å²) < 4.78 is 5.25. The molecule has 0 radical (unpaired) electrons. The molecule has 2 aromatic rings. The van der Waals surface area contributed by atoms with Gasteiger partial charge in [0.15, 0.2) is 0 Å². The summed E-state index contributed by atoms with van der Waals surface area (Å²) in [6.07, 6.45) is 1.81. The van der Waals surface area contributed by atoms with Crippen molar-refractivity contribution in [2.45, 2.75) is 72.4 Å². The molecule has 0 aliphatic carbocycles. The number of benzene rings is 2. The third-order valence-electron chi connectivity index (χ3n) is 5.60. The van der Waals surface area contributed by atoms with Crippen molar-refractivity contribution in [3.05, 3.63) is 59.2 Å². The number of nitrogens with one attached hydrogen (secondary N) is 2. The van der Waals surface area contributed by atoms with Gasteiger partial charge < -0.3 is 25.4 Å². The average molecular weight is 498 g/mol. The summed E-state index contributed by atoms with van der Waals surface area (Å²) in [6, 6.07) is 11.0. The molecular weight excluding hydrogens is 458 g/mol. The maximum absolute atomic E-state index is 13.7. The zero-order valence-electron chi connectivity index (χ0n) is 22.2. The van der Waals surface area contributed by atoms with E-state index in [-0.39, 0.29) is 18.2 Å². The maximum atomic E-state index is 13.7. The minimum Gasteiger partial charge on any atom is -0.508 e. The van der Waals surface area contributed by atoms with Crippen LogP contribution >= 0.6 is 0 Å². The average Bonchev–Trinajstić information content (AvgIpc) is 2.79. The number of aryl methyl sites for hydroxylation is 2. The number of carbonyl (C=O) groups is 3. The number of phenolic OH excluding ortho intramolecular Hbond substituents is 1. The van der Waals surface area contributed by atoms with E-state index in [2.05, 4.69) is 17.6 Å². The van der Waals surface area contributed by atoms with E-state index in [9.17, 15) is 19.5 Å². The van der Waals surface area contributed by atoms with Gasteiger partial charge in [-0.25, -0.2) is 4.79 Å². The van der Waals surface area contributed by atoms with Crippen LogP contribution in [0.1, 0.15) is 69.7 Å². The molecule has 8 nitrogen and oxygen atoms in total. The van der Waals surface area contributed by atoms with E-state index in [1.165, 1.54) is 17.0 Å². The van der Waals surface area contributed by atoms with Crippen LogP contribution in [0.2, 0.25) is 0 Å². The summed E-state index contributed by atoms with van der Waals surface area (Å²) in [5.74, 6) is -0.727. The monoisotopic (exact) mass is 497 g/mol. The molecule has 0 aliphatic rings. The fourth-order valence-electron chi connectivity index (χ4n) is 3.83. The van der Waals surface area contributed by atoms with Crippen LogP contribution in [0.25, 0.3) is 0 Å². The number of rotatable bonds is 10. The van der Waals surface area contributed by atoms with Gasteiger partial charge in [-0.05, 0) is 69.9 Å². The molecular formula is C28H39N3O5. The highest BCUT2D eigenvalue weighted by molar-refractivity contribution is 5.99. The van der Waals surface area contributed by atoms with Crippen LogP contribution in [-0.2, 0) is 14.3 Å². The number of phenols is 1. The van der Waals surface area contributed by atoms with E-state index in [1.54, 1.807) is 32.9 Å². The van der Waals surface area contributed by atoms with Gasteiger partial charge >= 0.3 is 6.09 Å². The molecule has 1 atom stereocenters. The minimum atomic E-state index is -0.964. The number of para-hydroxylation sites is 1. The van der Waals surface area contributed by atoms with E-state index in [4.69, 9.17) is 4.74 Å². The molecule has 1 unspecified atom stereocenters. The van der Waals surface area contributed by atoms with Crippen molar-refractivity contribution >= 4 is 23.6 Å². The second-order valence-corrected chi connectivity index (χ2v) is 9.90. The number of carbonyl (C=O) groups excluding carboxylic acids is 3. The lowest BCUT2D eigenvalue weighted by Gasteiger charge is -2.32. The fraction of sp³-hybridized carbons (Fsp3) is 0.464. The van der Waals surface area contributed by atoms with Crippen molar-refractivity contribution in [3.63, 3.8) is 0 Å². The Morgan fingerprint density at radius 3 is 2.17 bits per heavy atom. The molecule has 36 heavy (non-hydrogen) atoms. The summed E-state index contributed by atoms with van der Waals surface area (Å²) in [5.41, 5.74) is 2.36. The van der Waals surface area contributed by atoms with Crippen LogP contribution in [0.4, 0.5) is 10.5 Å². The second-order valence-electron chi connectivity index (χ2n) is 9.90. The molecule has 0 aliphatic heterocycles. The van der Waals surface area contributed by atoms with Gasteiger partial charge in [-0.3, -0.25) is 9.59 Å². The van der Waals surface area contributed by atoms with Gasteiger partial charge in [-0.1, -0.05) is 50.1 Å². The number of amides is 3. The van der Waals surface area contributed by atoms with Gasteiger partial charge in [0.2, 0.25) is 5.91 Å². The summed E-state index contributed by atoms with van der Waals surface area (Å²) in [5, 5.41) is 15.3. The Hall–Kier alpha value is -3.55. The van der Waals surface area contributed by atoms with Crippen LogP contribution in [0.3, 0.4) is 0 Å². The van der Waals surface area contributed by atoms with E-state index in [1.807, 2.05) is 32.0 Å². The van der Waals surface area contributed by atoms with Gasteiger partial charge in [-0.15, -0.1) is 0 Å². The predicted molar refractivity (Wildman–Crippen MR) is 141 cm³/mol. The zero-order chi connectivity index (χ0) is 26.9. The van der Waals surface area contributed by atoms with Gasteiger partial charge in [0.25, 0.3) is 5.91 Å². The standard InChI is InChI=1S/C28H39N3O5/c1-7-8-9-17-31(23(33)18-29-27(35)36-28(4,5)6)25(21-13-15-22(32)16-14-21)26(34)30-24-19(2)11-10-12-20(24)3/h10-16,25,32H,7-9,17-18H2,1-6H3,(H,29,35)(H,30,34). The Bertz CT molecular complexity index is 1020. The largest absolute Gasteiger partial charge is 0.508 e. The summed E-state index contributed by atoms with van der Waals surface area (Å²) in [7, 11) is 0. The lowest BCUT2D eigenvalue weighted by atomic mass is 10.0. The quantitative estimate of drug-likeness (QED) is 0.390. The van der Waals surface area contributed by atoms with Gasteiger partial charge in [0.05, 0.1) is 0 Å². The molecule has 8 heteroatoms. The van der Waals surface area contributed by atoms with Crippen molar-refractivity contribution in [3.8, 4) is 5.75 Å². The van der Waals surface area contributed by atoms with Gasteiger partial charge in [0, 0.05) is 12.2 Å². The lowest BCUT2D eigenvalue weighted by molar-refractivity contribution is -0.138. The second kappa shape index (κ2) is 13.0. The first-order valence-corrected chi connectivity index (χ1v) is 12.3. The Labute approximate surface area is 214 Å². The number of hydrogen-bond acceptors (Lipinski definition) is 5. The van der Waals surface area contributed by atoms with Crippen LogP contribution < -0.4 is 10.6 Å². The highest BCUT2D eigenvalue weighted by atomic mass is 16.6. The van der Waals surface area contributed by atoms with Crippen molar-refractivity contribution in [2.24, 2.45) is 0 Å². The molecule has 0 saturated carbocycles. The van der Waals surface area contributed by atoms with Crippen LogP contribution in [0.15, 0.2) is 42.5 Å². The molecule has 2 aromatic carbocycles. The number of nitrogens with zero attached hydrogens (tertiary/aromatic N) is 1. The molecule has 0 saturated heterocycles. The first-order chi connectivity index (χ1) is 16.9. The van der Waals surface area contributed by atoms with Crippen molar-refractivity contribution in [1.82, 2.24) is 10.2 Å². The maximum Gasteiger partial charge on any atom is 0.408 e. The lowest BCUT2D eigenvalue weighted by Crippen LogP contribution is -2.47. The van der Waals surface area contributed by atoms with Gasteiger partial charge in [-0.2, -0.15) is 0 Å². The Kier molecular flexibility index (Phi) is 10.3. The third-order valence-corrected chi connectivity index (χ3v) is 5.60. The van der Waals surface area contributed by atoms with E-state index >= 15 is 0 Å². The molecule has 2 rings (SSSR count). The van der Waals surface area contributed by atoms with Gasteiger partial charge in [0.1, 0.15) is 23.9 Å². The van der Waals surface area contributed by atoms with Crippen LogP contribution in [-0.4, -0.2) is 46.6 Å². The first kappa shape index (κ1) is 28.7. The molecule has 3 amide bonds. The first-order valence-electron chi connectivity index (χ1n) is 12.3. The van der Waals surface area contributed by atoms with Crippen molar-refractivity contribution in [1.29, 1.82) is 0 Å². The van der Waals surface area contributed by atoms with Crippen LogP contribution in [0, 0.1) is 13.8 Å². The smallest absolute Gasteiger partial charge is 0.408 e.